The lowest BCUT2D eigenvalue weighted by Gasteiger charge is -2.33. The second-order valence-corrected chi connectivity index (χ2v) is 7.68. The van der Waals surface area contributed by atoms with Crippen LogP contribution < -0.4 is 4.74 Å². The number of nitrogens with zero attached hydrogens (tertiary/aromatic N) is 1. The third-order valence-electron chi connectivity index (χ3n) is 5.54. The smallest absolute Gasteiger partial charge is 0.408 e. The van der Waals surface area contributed by atoms with Crippen LogP contribution in [0.15, 0.2) is 48.0 Å². The van der Waals surface area contributed by atoms with Gasteiger partial charge >= 0.3 is 12.1 Å². The number of carbonyl (C=O) groups is 2. The van der Waals surface area contributed by atoms with E-state index in [0.29, 0.717) is 25.0 Å². The Morgan fingerprint density at radius 2 is 1.80 bits per heavy atom. The number of hydrogen-bond donors (Lipinski definition) is 2. The molecule has 158 valence electrons. The monoisotopic (exact) mass is 409 g/mol. The molecule has 0 bridgehead atoms. The van der Waals surface area contributed by atoms with Crippen LogP contribution in [-0.2, 0) is 11.2 Å². The second kappa shape index (κ2) is 9.03. The Bertz CT molecular complexity index is 978. The van der Waals surface area contributed by atoms with Crippen LogP contribution in [0.1, 0.15) is 40.3 Å². The van der Waals surface area contributed by atoms with E-state index in [2.05, 4.69) is 13.0 Å². The molecular weight excluding hydrogens is 382 g/mol. The summed E-state index contributed by atoms with van der Waals surface area (Å²) in [5, 5.41) is 19.0. The number of benzene rings is 2. The summed E-state index contributed by atoms with van der Waals surface area (Å²) in [6.07, 6.45) is 1.59. The molecule has 0 radical (unpaired) electrons. The van der Waals surface area contributed by atoms with Crippen molar-refractivity contribution in [3.8, 4) is 5.75 Å². The first-order valence-corrected chi connectivity index (χ1v) is 10.0. The molecule has 6 nitrogen and oxygen atoms in total. The lowest BCUT2D eigenvalue weighted by atomic mass is 9.92. The molecule has 0 fully saturated rings. The van der Waals surface area contributed by atoms with Gasteiger partial charge in [0.1, 0.15) is 5.75 Å². The van der Waals surface area contributed by atoms with E-state index in [1.807, 2.05) is 32.0 Å². The number of rotatable bonds is 6. The number of aryl methyl sites for hydroxylation is 2. The normalized spacial score (nSPS) is 16.2. The minimum absolute atomic E-state index is 0.102. The van der Waals surface area contributed by atoms with Crippen LogP contribution >= 0.6 is 0 Å². The molecule has 0 saturated heterocycles. The van der Waals surface area contributed by atoms with Gasteiger partial charge in [0.05, 0.1) is 18.2 Å². The Kier molecular flexibility index (Phi) is 6.45. The van der Waals surface area contributed by atoms with Gasteiger partial charge in [0.15, 0.2) is 0 Å². The Morgan fingerprint density at radius 1 is 1.10 bits per heavy atom. The van der Waals surface area contributed by atoms with Crippen molar-refractivity contribution in [3.05, 3.63) is 75.9 Å². The van der Waals surface area contributed by atoms with Crippen molar-refractivity contribution in [2.24, 2.45) is 0 Å². The molecule has 0 aliphatic carbocycles. The summed E-state index contributed by atoms with van der Waals surface area (Å²) in [4.78, 5) is 24.4. The molecule has 1 amide bonds. The molecule has 2 aromatic carbocycles. The van der Waals surface area contributed by atoms with Crippen molar-refractivity contribution in [1.82, 2.24) is 4.90 Å². The van der Waals surface area contributed by atoms with Crippen LogP contribution in [0, 0.1) is 20.8 Å². The van der Waals surface area contributed by atoms with Gasteiger partial charge in [0, 0.05) is 13.0 Å². The molecule has 0 saturated carbocycles. The Hall–Kier alpha value is -3.28. The molecule has 1 atom stereocenters. The molecule has 2 N–H and O–H groups in total. The highest BCUT2D eigenvalue weighted by atomic mass is 16.5. The fourth-order valence-electron chi connectivity index (χ4n) is 3.83. The van der Waals surface area contributed by atoms with Gasteiger partial charge < -0.3 is 14.9 Å². The average Bonchev–Trinajstić information content (AvgIpc) is 2.71. The van der Waals surface area contributed by atoms with Crippen molar-refractivity contribution in [2.45, 2.75) is 39.7 Å². The van der Waals surface area contributed by atoms with Gasteiger partial charge in [-0.2, -0.15) is 0 Å². The first kappa shape index (κ1) is 21.4. The quantitative estimate of drug-likeness (QED) is 0.724. The minimum atomic E-state index is -1.12. The number of carboxylic acids is 1. The summed E-state index contributed by atoms with van der Waals surface area (Å²) >= 11 is 0. The predicted molar refractivity (Wildman–Crippen MR) is 114 cm³/mol. The van der Waals surface area contributed by atoms with Crippen molar-refractivity contribution >= 4 is 12.1 Å². The van der Waals surface area contributed by atoms with Gasteiger partial charge in [-0.25, -0.2) is 9.59 Å². The van der Waals surface area contributed by atoms with Crippen LogP contribution in [0.25, 0.3) is 0 Å². The molecule has 1 aliphatic heterocycles. The molecule has 1 heterocycles. The fourth-order valence-corrected chi connectivity index (χ4v) is 3.83. The topological polar surface area (TPSA) is 87.1 Å². The van der Waals surface area contributed by atoms with Crippen molar-refractivity contribution < 1.29 is 24.5 Å². The molecule has 0 spiro atoms. The zero-order valence-electron chi connectivity index (χ0n) is 17.5. The highest BCUT2D eigenvalue weighted by Crippen LogP contribution is 2.33. The molecule has 1 unspecified atom stereocenters. The maximum absolute atomic E-state index is 11.6. The minimum Gasteiger partial charge on any atom is -0.493 e. The Balaban J connectivity index is 1.71. The van der Waals surface area contributed by atoms with Crippen LogP contribution in [0.5, 0.6) is 5.75 Å². The van der Waals surface area contributed by atoms with Gasteiger partial charge in [-0.3, -0.25) is 4.90 Å². The summed E-state index contributed by atoms with van der Waals surface area (Å²) in [7, 11) is 0. The molecule has 6 heteroatoms. The summed E-state index contributed by atoms with van der Waals surface area (Å²) in [5.74, 6) is -0.202. The van der Waals surface area contributed by atoms with E-state index >= 15 is 0 Å². The summed E-state index contributed by atoms with van der Waals surface area (Å²) < 4.78 is 5.97. The summed E-state index contributed by atoms with van der Waals surface area (Å²) in [6.45, 7) is 6.96. The van der Waals surface area contributed by atoms with Crippen LogP contribution in [0.3, 0.4) is 0 Å². The van der Waals surface area contributed by atoms with Gasteiger partial charge in [-0.1, -0.05) is 36.4 Å². The lowest BCUT2D eigenvalue weighted by molar-refractivity contribution is -0.133. The van der Waals surface area contributed by atoms with Crippen LogP contribution in [0.4, 0.5) is 4.79 Å². The van der Waals surface area contributed by atoms with E-state index in [-0.39, 0.29) is 12.1 Å². The standard InChI is InChI=1S/C24H27NO5/c1-15-13-16(2)17(3)21(14-15)30-12-10-18-6-8-19(9-7-18)22-20(23(26)27)5-4-11-25(22)24(28)29/h5-9,13-14,22H,4,10-12H2,1-3H3,(H,26,27)(H,28,29). The maximum atomic E-state index is 11.6. The number of carboxylic acid groups (broad SMARTS) is 2. The zero-order chi connectivity index (χ0) is 21.8. The highest BCUT2D eigenvalue weighted by molar-refractivity contribution is 5.89. The van der Waals surface area contributed by atoms with E-state index in [0.717, 1.165) is 22.4 Å². The lowest BCUT2D eigenvalue weighted by Crippen LogP contribution is -2.39. The van der Waals surface area contributed by atoms with Crippen molar-refractivity contribution in [3.63, 3.8) is 0 Å². The second-order valence-electron chi connectivity index (χ2n) is 7.68. The van der Waals surface area contributed by atoms with Gasteiger partial charge in [0.2, 0.25) is 0 Å². The highest BCUT2D eigenvalue weighted by Gasteiger charge is 2.33. The van der Waals surface area contributed by atoms with Crippen LogP contribution in [-0.4, -0.2) is 40.3 Å². The van der Waals surface area contributed by atoms with Gasteiger partial charge in [-0.15, -0.1) is 0 Å². The maximum Gasteiger partial charge on any atom is 0.408 e. The van der Waals surface area contributed by atoms with E-state index in [1.54, 1.807) is 18.2 Å². The number of hydrogen-bond acceptors (Lipinski definition) is 3. The number of aliphatic carboxylic acids is 1. The Morgan fingerprint density at radius 3 is 2.43 bits per heavy atom. The Labute approximate surface area is 176 Å². The predicted octanol–water partition coefficient (Wildman–Crippen LogP) is 4.67. The first-order valence-electron chi connectivity index (χ1n) is 10.0. The van der Waals surface area contributed by atoms with Gasteiger partial charge in [-0.05, 0) is 61.1 Å². The van der Waals surface area contributed by atoms with Crippen molar-refractivity contribution in [2.75, 3.05) is 13.2 Å². The van der Waals surface area contributed by atoms with E-state index < -0.39 is 18.1 Å². The summed E-state index contributed by atoms with van der Waals surface area (Å²) in [6, 6.07) is 10.8. The third kappa shape index (κ3) is 4.64. The molecular formula is C24H27NO5. The van der Waals surface area contributed by atoms with Crippen molar-refractivity contribution in [1.29, 1.82) is 0 Å². The van der Waals surface area contributed by atoms with E-state index in [9.17, 15) is 19.8 Å². The fraction of sp³-hybridized carbons (Fsp3) is 0.333. The third-order valence-corrected chi connectivity index (χ3v) is 5.54. The summed E-state index contributed by atoms with van der Waals surface area (Å²) in [5.41, 5.74) is 5.29. The number of amides is 1. The zero-order valence-corrected chi connectivity index (χ0v) is 17.5. The molecule has 1 aliphatic rings. The molecule has 2 aromatic rings. The average molecular weight is 409 g/mol. The molecule has 3 rings (SSSR count). The van der Waals surface area contributed by atoms with Gasteiger partial charge in [0.25, 0.3) is 0 Å². The van der Waals surface area contributed by atoms with Crippen LogP contribution in [0.2, 0.25) is 0 Å². The largest absolute Gasteiger partial charge is 0.493 e. The molecule has 30 heavy (non-hydrogen) atoms. The first-order chi connectivity index (χ1) is 14.3. The SMILES string of the molecule is Cc1cc(C)c(C)c(OCCc2ccc(C3C(C(=O)O)=CCCN3C(=O)O)cc2)c1. The number of ether oxygens (including phenoxy) is 1. The molecule has 0 aromatic heterocycles. The van der Waals surface area contributed by atoms with E-state index in [4.69, 9.17) is 4.74 Å². The van der Waals surface area contributed by atoms with E-state index in [1.165, 1.54) is 10.5 Å².